The van der Waals surface area contributed by atoms with E-state index >= 15 is 0 Å². The number of para-hydroxylation sites is 2. The van der Waals surface area contributed by atoms with Gasteiger partial charge >= 0.3 is 0 Å². The molecular formula is C21H27N5O. The van der Waals surface area contributed by atoms with Gasteiger partial charge in [-0.1, -0.05) is 12.1 Å². The number of carbonyl (C=O) groups is 1. The van der Waals surface area contributed by atoms with E-state index in [1.54, 1.807) is 0 Å². The topological polar surface area (TPSA) is 66.8 Å². The van der Waals surface area contributed by atoms with Gasteiger partial charge in [0.05, 0.1) is 11.0 Å². The molecule has 1 atom stereocenters. The number of hydrogen-bond acceptors (Lipinski definition) is 3. The van der Waals surface area contributed by atoms with Crippen molar-refractivity contribution < 1.29 is 4.79 Å². The lowest BCUT2D eigenvalue weighted by Crippen LogP contribution is -2.40. The molecule has 1 N–H and O–H groups in total. The third-order valence-electron chi connectivity index (χ3n) is 5.51. The second-order valence-corrected chi connectivity index (χ2v) is 7.52. The van der Waals surface area contributed by atoms with Crippen molar-refractivity contribution in [3.63, 3.8) is 0 Å². The van der Waals surface area contributed by atoms with Crippen molar-refractivity contribution >= 4 is 16.9 Å². The molecule has 0 radical (unpaired) electrons. The van der Waals surface area contributed by atoms with Gasteiger partial charge in [-0.25, -0.2) is 9.97 Å². The van der Waals surface area contributed by atoms with Gasteiger partial charge in [-0.2, -0.15) is 0 Å². The summed E-state index contributed by atoms with van der Waals surface area (Å²) >= 11 is 0. The number of rotatable bonds is 6. The molecule has 1 amide bonds. The number of H-pyrrole nitrogens is 1. The smallest absolute Gasteiger partial charge is 0.222 e. The molecule has 0 aliphatic carbocycles. The fourth-order valence-electron chi connectivity index (χ4n) is 4.03. The maximum absolute atomic E-state index is 12.6. The van der Waals surface area contributed by atoms with Gasteiger partial charge in [0.25, 0.3) is 0 Å². The number of amides is 1. The Bertz CT molecular complexity index is 879. The highest BCUT2D eigenvalue weighted by Gasteiger charge is 2.24. The Morgan fingerprint density at radius 2 is 2.22 bits per heavy atom. The average molecular weight is 365 g/mol. The van der Waals surface area contributed by atoms with Crippen LogP contribution in [0.5, 0.6) is 0 Å². The maximum atomic E-state index is 12.6. The molecule has 27 heavy (non-hydrogen) atoms. The normalized spacial score (nSPS) is 17.5. The van der Waals surface area contributed by atoms with Crippen LogP contribution in [-0.2, 0) is 17.8 Å². The first kappa shape index (κ1) is 17.8. The summed E-state index contributed by atoms with van der Waals surface area (Å²) in [7, 11) is 0. The molecule has 3 aromatic rings. The molecule has 2 aromatic heterocycles. The van der Waals surface area contributed by atoms with Crippen molar-refractivity contribution in [1.29, 1.82) is 0 Å². The zero-order chi connectivity index (χ0) is 18.6. The molecular weight excluding hydrogens is 338 g/mol. The Morgan fingerprint density at radius 3 is 3.04 bits per heavy atom. The van der Waals surface area contributed by atoms with E-state index in [0.29, 0.717) is 12.3 Å². The van der Waals surface area contributed by atoms with E-state index in [9.17, 15) is 4.79 Å². The lowest BCUT2D eigenvalue weighted by atomic mass is 9.94. The Balaban J connectivity index is 1.29. The van der Waals surface area contributed by atoms with E-state index in [4.69, 9.17) is 4.98 Å². The molecule has 6 heteroatoms. The van der Waals surface area contributed by atoms with Gasteiger partial charge in [-0.3, -0.25) is 4.79 Å². The van der Waals surface area contributed by atoms with E-state index in [0.717, 1.165) is 68.0 Å². The quantitative estimate of drug-likeness (QED) is 0.729. The summed E-state index contributed by atoms with van der Waals surface area (Å²) in [6, 6.07) is 8.13. The summed E-state index contributed by atoms with van der Waals surface area (Å²) in [6.07, 6.45) is 8.41. The lowest BCUT2D eigenvalue weighted by molar-refractivity contribution is -0.133. The first-order valence-electron chi connectivity index (χ1n) is 9.88. The summed E-state index contributed by atoms with van der Waals surface area (Å²) in [6.45, 7) is 4.59. The predicted octanol–water partition coefficient (Wildman–Crippen LogP) is 3.33. The van der Waals surface area contributed by atoms with Crippen LogP contribution in [0, 0.1) is 12.8 Å². The van der Waals surface area contributed by atoms with Crippen LogP contribution in [-0.4, -0.2) is 43.4 Å². The highest BCUT2D eigenvalue weighted by atomic mass is 16.2. The number of hydrogen-bond donors (Lipinski definition) is 1. The minimum Gasteiger partial charge on any atom is -0.342 e. The first-order valence-corrected chi connectivity index (χ1v) is 9.88. The van der Waals surface area contributed by atoms with Gasteiger partial charge in [-0.05, 0) is 44.2 Å². The number of benzene rings is 1. The predicted molar refractivity (Wildman–Crippen MR) is 105 cm³/mol. The molecule has 4 rings (SSSR count). The van der Waals surface area contributed by atoms with Gasteiger partial charge in [0, 0.05) is 44.9 Å². The zero-order valence-corrected chi connectivity index (χ0v) is 15.9. The van der Waals surface area contributed by atoms with Gasteiger partial charge in [0.15, 0.2) is 0 Å². The molecule has 1 unspecified atom stereocenters. The fourth-order valence-corrected chi connectivity index (χ4v) is 4.03. The monoisotopic (exact) mass is 365 g/mol. The molecule has 142 valence electrons. The minimum atomic E-state index is 0.280. The standard InChI is InChI=1S/C21H27N5O/c1-16-22-10-13-25(16)11-5-9-21(27)26-12-4-6-17(15-26)14-20-23-18-7-2-3-8-19(18)24-20/h2-3,7-8,10,13,17H,4-6,9,11-12,14-15H2,1H3,(H,23,24). The van der Waals surface area contributed by atoms with Gasteiger partial charge in [-0.15, -0.1) is 0 Å². The molecule has 1 aliphatic heterocycles. The van der Waals surface area contributed by atoms with Crippen LogP contribution < -0.4 is 0 Å². The Kier molecular flexibility index (Phi) is 5.23. The van der Waals surface area contributed by atoms with Crippen LogP contribution in [0.25, 0.3) is 11.0 Å². The van der Waals surface area contributed by atoms with Gasteiger partial charge in [0.1, 0.15) is 11.6 Å². The molecule has 6 nitrogen and oxygen atoms in total. The fraction of sp³-hybridized carbons (Fsp3) is 0.476. The van der Waals surface area contributed by atoms with Crippen LogP contribution in [0.1, 0.15) is 37.3 Å². The largest absolute Gasteiger partial charge is 0.342 e. The van der Waals surface area contributed by atoms with Crippen molar-refractivity contribution in [2.45, 2.75) is 45.6 Å². The third kappa shape index (κ3) is 4.21. The summed E-state index contributed by atoms with van der Waals surface area (Å²) < 4.78 is 2.11. The Labute approximate surface area is 159 Å². The SMILES string of the molecule is Cc1nccn1CCCC(=O)N1CCCC(Cc2nc3ccccc3[nH]2)C1. The number of aromatic nitrogens is 4. The number of fused-ring (bicyclic) bond motifs is 1. The van der Waals surface area contributed by atoms with Crippen molar-refractivity contribution in [3.05, 3.63) is 48.3 Å². The third-order valence-corrected chi connectivity index (χ3v) is 5.51. The summed E-state index contributed by atoms with van der Waals surface area (Å²) in [4.78, 5) is 27.0. The molecule has 1 aliphatic rings. The molecule has 0 spiro atoms. The lowest BCUT2D eigenvalue weighted by Gasteiger charge is -2.32. The van der Waals surface area contributed by atoms with Crippen LogP contribution >= 0.6 is 0 Å². The van der Waals surface area contributed by atoms with Crippen molar-refractivity contribution in [2.75, 3.05) is 13.1 Å². The Hall–Kier alpha value is -2.63. The first-order chi connectivity index (χ1) is 13.2. The number of aromatic amines is 1. The second-order valence-electron chi connectivity index (χ2n) is 7.52. The zero-order valence-electron chi connectivity index (χ0n) is 15.9. The average Bonchev–Trinajstić information content (AvgIpc) is 3.27. The van der Waals surface area contributed by atoms with Gasteiger partial charge < -0.3 is 14.5 Å². The van der Waals surface area contributed by atoms with Crippen molar-refractivity contribution in [1.82, 2.24) is 24.4 Å². The molecule has 1 saturated heterocycles. The van der Waals surface area contributed by atoms with E-state index in [2.05, 4.69) is 25.5 Å². The van der Waals surface area contributed by atoms with Crippen molar-refractivity contribution in [2.24, 2.45) is 5.92 Å². The molecule has 1 aromatic carbocycles. The number of aryl methyl sites for hydroxylation is 2. The van der Waals surface area contributed by atoms with Crippen LogP contribution in [0.3, 0.4) is 0 Å². The van der Waals surface area contributed by atoms with Gasteiger partial charge in [0.2, 0.25) is 5.91 Å². The maximum Gasteiger partial charge on any atom is 0.222 e. The van der Waals surface area contributed by atoms with E-state index in [-0.39, 0.29) is 5.91 Å². The van der Waals surface area contributed by atoms with Crippen LogP contribution in [0.2, 0.25) is 0 Å². The number of nitrogens with zero attached hydrogens (tertiary/aromatic N) is 4. The number of nitrogens with one attached hydrogen (secondary N) is 1. The van der Waals surface area contributed by atoms with Crippen LogP contribution in [0.15, 0.2) is 36.7 Å². The number of imidazole rings is 2. The highest BCUT2D eigenvalue weighted by molar-refractivity contribution is 5.76. The molecule has 3 heterocycles. The molecule has 1 fully saturated rings. The summed E-state index contributed by atoms with van der Waals surface area (Å²) in [5.41, 5.74) is 2.11. The Morgan fingerprint density at radius 1 is 1.33 bits per heavy atom. The summed E-state index contributed by atoms with van der Waals surface area (Å²) in [5, 5.41) is 0. The number of piperidine rings is 1. The van der Waals surface area contributed by atoms with E-state index < -0.39 is 0 Å². The highest BCUT2D eigenvalue weighted by Crippen LogP contribution is 2.22. The van der Waals surface area contributed by atoms with Crippen LogP contribution in [0.4, 0.5) is 0 Å². The van der Waals surface area contributed by atoms with E-state index in [1.807, 2.05) is 37.5 Å². The minimum absolute atomic E-state index is 0.280. The van der Waals surface area contributed by atoms with E-state index in [1.165, 1.54) is 0 Å². The molecule has 0 saturated carbocycles. The summed E-state index contributed by atoms with van der Waals surface area (Å²) in [5.74, 6) is 2.80. The van der Waals surface area contributed by atoms with Crippen molar-refractivity contribution in [3.8, 4) is 0 Å². The number of likely N-dealkylation sites (tertiary alicyclic amines) is 1. The second kappa shape index (κ2) is 7.94. The number of carbonyl (C=O) groups excluding carboxylic acids is 1. The molecule has 0 bridgehead atoms.